The molecule has 0 unspecified atom stereocenters. The molecular weight excluding hydrogens is 173 g/mol. The SMILES string of the molecule is OBc1cccc(-c2ccccn2)c1. The number of rotatable bonds is 2. The molecule has 0 spiro atoms. The van der Waals surface area contributed by atoms with Gasteiger partial charge < -0.3 is 5.02 Å². The van der Waals surface area contributed by atoms with Crippen molar-refractivity contribution in [3.63, 3.8) is 0 Å². The first-order chi connectivity index (χ1) is 6.90. The summed E-state index contributed by atoms with van der Waals surface area (Å²) in [7, 11) is 0.0701. The van der Waals surface area contributed by atoms with E-state index in [0.717, 1.165) is 16.7 Å². The number of hydrogen-bond acceptors (Lipinski definition) is 2. The van der Waals surface area contributed by atoms with Crippen LogP contribution >= 0.6 is 0 Å². The van der Waals surface area contributed by atoms with Crippen LogP contribution < -0.4 is 5.46 Å². The molecule has 2 aromatic rings. The Bertz CT molecular complexity index is 417. The maximum Gasteiger partial charge on any atom is 0.304 e. The minimum atomic E-state index is 0.0701. The first-order valence-corrected chi connectivity index (χ1v) is 4.51. The minimum Gasteiger partial charge on any atom is -0.449 e. The highest BCUT2D eigenvalue weighted by atomic mass is 16.2. The molecule has 0 fully saturated rings. The lowest BCUT2D eigenvalue weighted by molar-refractivity contribution is 0.615. The highest BCUT2D eigenvalue weighted by Gasteiger charge is 1.99. The van der Waals surface area contributed by atoms with Crippen LogP contribution in [0.15, 0.2) is 48.7 Å². The number of aromatic nitrogens is 1. The standard InChI is InChI=1S/C11H10BNO/c14-12-10-5-3-4-9(8-10)11-6-1-2-7-13-11/h1-8,12,14H. The Morgan fingerprint density at radius 2 is 2.00 bits per heavy atom. The van der Waals surface area contributed by atoms with Crippen molar-refractivity contribution in [2.24, 2.45) is 0 Å². The van der Waals surface area contributed by atoms with Crippen LogP contribution in [0.4, 0.5) is 0 Å². The first-order valence-electron chi connectivity index (χ1n) is 4.51. The molecule has 0 saturated heterocycles. The Morgan fingerprint density at radius 1 is 1.07 bits per heavy atom. The van der Waals surface area contributed by atoms with E-state index < -0.39 is 0 Å². The van der Waals surface area contributed by atoms with Crippen LogP contribution in [-0.4, -0.2) is 17.5 Å². The number of benzene rings is 1. The van der Waals surface area contributed by atoms with Gasteiger partial charge in [-0.2, -0.15) is 0 Å². The fraction of sp³-hybridized carbons (Fsp3) is 0. The van der Waals surface area contributed by atoms with Gasteiger partial charge in [0.2, 0.25) is 0 Å². The molecule has 1 aromatic carbocycles. The lowest BCUT2D eigenvalue weighted by Crippen LogP contribution is -2.12. The van der Waals surface area contributed by atoms with Crippen LogP contribution in [0.2, 0.25) is 0 Å². The summed E-state index contributed by atoms with van der Waals surface area (Å²) in [5.74, 6) is 0. The molecule has 14 heavy (non-hydrogen) atoms. The fourth-order valence-corrected chi connectivity index (χ4v) is 1.36. The highest BCUT2D eigenvalue weighted by molar-refractivity contribution is 6.45. The summed E-state index contributed by atoms with van der Waals surface area (Å²) in [5, 5.41) is 8.99. The Kier molecular flexibility index (Phi) is 2.61. The summed E-state index contributed by atoms with van der Waals surface area (Å²) < 4.78 is 0. The topological polar surface area (TPSA) is 33.1 Å². The molecule has 3 heteroatoms. The number of hydrogen-bond donors (Lipinski definition) is 1. The molecule has 0 atom stereocenters. The van der Waals surface area contributed by atoms with Crippen molar-refractivity contribution in [1.29, 1.82) is 0 Å². The predicted octanol–water partition coefficient (Wildman–Crippen LogP) is 0.718. The average molecular weight is 183 g/mol. The molecule has 0 bridgehead atoms. The van der Waals surface area contributed by atoms with E-state index in [9.17, 15) is 0 Å². The summed E-state index contributed by atoms with van der Waals surface area (Å²) >= 11 is 0. The molecule has 0 saturated carbocycles. The van der Waals surface area contributed by atoms with Gasteiger partial charge in [0.1, 0.15) is 0 Å². The van der Waals surface area contributed by atoms with Gasteiger partial charge in [0.15, 0.2) is 0 Å². The molecule has 0 aliphatic heterocycles. The maximum atomic E-state index is 8.99. The molecule has 1 N–H and O–H groups in total. The normalized spacial score (nSPS) is 9.79. The van der Waals surface area contributed by atoms with Crippen molar-refractivity contribution in [3.8, 4) is 11.3 Å². The second kappa shape index (κ2) is 4.07. The van der Waals surface area contributed by atoms with Crippen LogP contribution in [0, 0.1) is 0 Å². The Balaban J connectivity index is 2.42. The van der Waals surface area contributed by atoms with Gasteiger partial charge in [-0.05, 0) is 17.7 Å². The molecular formula is C11H10BNO. The van der Waals surface area contributed by atoms with Crippen molar-refractivity contribution in [2.75, 3.05) is 0 Å². The number of pyridine rings is 1. The minimum absolute atomic E-state index is 0.0701. The van der Waals surface area contributed by atoms with Crippen molar-refractivity contribution < 1.29 is 5.02 Å². The van der Waals surface area contributed by atoms with Gasteiger partial charge in [0.05, 0.1) is 5.69 Å². The van der Waals surface area contributed by atoms with Gasteiger partial charge in [-0.15, -0.1) is 0 Å². The second-order valence-corrected chi connectivity index (χ2v) is 3.07. The van der Waals surface area contributed by atoms with Crippen LogP contribution in [0.1, 0.15) is 0 Å². The van der Waals surface area contributed by atoms with Gasteiger partial charge in [-0.3, -0.25) is 4.98 Å². The van der Waals surface area contributed by atoms with E-state index in [4.69, 9.17) is 5.02 Å². The Hall–Kier alpha value is -1.61. The molecule has 1 heterocycles. The van der Waals surface area contributed by atoms with E-state index in [1.165, 1.54) is 0 Å². The van der Waals surface area contributed by atoms with Gasteiger partial charge >= 0.3 is 7.48 Å². The summed E-state index contributed by atoms with van der Waals surface area (Å²) in [5.41, 5.74) is 2.88. The maximum absolute atomic E-state index is 8.99. The van der Waals surface area contributed by atoms with Crippen LogP contribution in [0.25, 0.3) is 11.3 Å². The zero-order valence-electron chi connectivity index (χ0n) is 7.72. The molecule has 0 aliphatic carbocycles. The van der Waals surface area contributed by atoms with Crippen molar-refractivity contribution in [2.45, 2.75) is 0 Å². The third kappa shape index (κ3) is 1.83. The van der Waals surface area contributed by atoms with Crippen molar-refractivity contribution >= 4 is 12.9 Å². The van der Waals surface area contributed by atoms with E-state index in [1.807, 2.05) is 42.5 Å². The van der Waals surface area contributed by atoms with Crippen molar-refractivity contribution in [3.05, 3.63) is 48.7 Å². The van der Waals surface area contributed by atoms with E-state index in [-0.39, 0.29) is 7.48 Å². The zero-order chi connectivity index (χ0) is 9.80. The molecule has 68 valence electrons. The predicted molar refractivity (Wildman–Crippen MR) is 58.7 cm³/mol. The van der Waals surface area contributed by atoms with Crippen molar-refractivity contribution in [1.82, 2.24) is 4.98 Å². The summed E-state index contributed by atoms with van der Waals surface area (Å²) in [4.78, 5) is 4.24. The molecule has 2 rings (SSSR count). The van der Waals surface area contributed by atoms with Gasteiger partial charge in [-0.25, -0.2) is 0 Å². The van der Waals surface area contributed by atoms with Crippen LogP contribution in [0.5, 0.6) is 0 Å². The molecule has 2 nitrogen and oxygen atoms in total. The Labute approximate surface area is 83.5 Å². The second-order valence-electron chi connectivity index (χ2n) is 3.07. The lowest BCUT2D eigenvalue weighted by atomic mass is 9.87. The van der Waals surface area contributed by atoms with E-state index in [1.54, 1.807) is 6.20 Å². The first kappa shape index (κ1) is 8.97. The number of nitrogens with zero attached hydrogens (tertiary/aromatic N) is 1. The van der Waals surface area contributed by atoms with Gasteiger partial charge in [0, 0.05) is 6.20 Å². The highest BCUT2D eigenvalue weighted by Crippen LogP contribution is 2.13. The molecule has 0 aliphatic rings. The third-order valence-electron chi connectivity index (χ3n) is 2.07. The summed E-state index contributed by atoms with van der Waals surface area (Å²) in [6.07, 6.45) is 1.76. The van der Waals surface area contributed by atoms with Crippen LogP contribution in [-0.2, 0) is 0 Å². The monoisotopic (exact) mass is 183 g/mol. The largest absolute Gasteiger partial charge is 0.449 e. The van der Waals surface area contributed by atoms with E-state index >= 15 is 0 Å². The Morgan fingerprint density at radius 3 is 2.71 bits per heavy atom. The lowest BCUT2D eigenvalue weighted by Gasteiger charge is -2.01. The summed E-state index contributed by atoms with van der Waals surface area (Å²) in [6, 6.07) is 13.6. The average Bonchev–Trinajstić information content (AvgIpc) is 2.30. The van der Waals surface area contributed by atoms with E-state index in [0.29, 0.717) is 0 Å². The van der Waals surface area contributed by atoms with E-state index in [2.05, 4.69) is 4.98 Å². The van der Waals surface area contributed by atoms with Gasteiger partial charge in [0.25, 0.3) is 0 Å². The smallest absolute Gasteiger partial charge is 0.304 e. The zero-order valence-corrected chi connectivity index (χ0v) is 7.72. The summed E-state index contributed by atoms with van der Waals surface area (Å²) in [6.45, 7) is 0. The molecule has 0 radical (unpaired) electrons. The quantitative estimate of drug-likeness (QED) is 0.695. The third-order valence-corrected chi connectivity index (χ3v) is 2.07. The molecule has 0 amide bonds. The van der Waals surface area contributed by atoms with Crippen LogP contribution in [0.3, 0.4) is 0 Å². The fourth-order valence-electron chi connectivity index (χ4n) is 1.36. The molecule has 1 aromatic heterocycles. The van der Waals surface area contributed by atoms with Gasteiger partial charge in [-0.1, -0.05) is 35.8 Å².